The van der Waals surface area contributed by atoms with Crippen molar-refractivity contribution in [3.63, 3.8) is 0 Å². The van der Waals surface area contributed by atoms with E-state index in [0.29, 0.717) is 30.4 Å². The standard InChI is InChI=1S/C15H16N4O5/c1-24-15(21)11-7-12-10(6-13(11)19(22)23)8-18(17-12)5-3-9-2-4-16-14(9)20/h6-9H,2-5H2,1H3,(H,16,20). The number of nitrogens with zero attached hydrogens (tertiary/aromatic N) is 3. The van der Waals surface area contributed by atoms with Crippen LogP contribution in [0.15, 0.2) is 18.3 Å². The van der Waals surface area contributed by atoms with Gasteiger partial charge in [-0.25, -0.2) is 4.79 Å². The second-order valence-electron chi connectivity index (χ2n) is 5.63. The number of hydrogen-bond donors (Lipinski definition) is 1. The second kappa shape index (κ2) is 6.26. The van der Waals surface area contributed by atoms with Crippen molar-refractivity contribution in [2.24, 2.45) is 5.92 Å². The van der Waals surface area contributed by atoms with E-state index in [-0.39, 0.29) is 23.1 Å². The predicted octanol–water partition coefficient (Wildman–Crippen LogP) is 1.26. The monoisotopic (exact) mass is 332 g/mol. The van der Waals surface area contributed by atoms with Gasteiger partial charge in [-0.2, -0.15) is 5.10 Å². The number of hydrogen-bond acceptors (Lipinski definition) is 6. The highest BCUT2D eigenvalue weighted by atomic mass is 16.6. The average Bonchev–Trinajstić information content (AvgIpc) is 3.15. The summed E-state index contributed by atoms with van der Waals surface area (Å²) < 4.78 is 6.23. The number of fused-ring (bicyclic) bond motifs is 1. The number of carbonyl (C=O) groups is 2. The summed E-state index contributed by atoms with van der Waals surface area (Å²) in [5, 5.41) is 18.8. The lowest BCUT2D eigenvalue weighted by Gasteiger charge is -2.05. The molecule has 9 nitrogen and oxygen atoms in total. The third-order valence-corrected chi connectivity index (χ3v) is 4.14. The highest BCUT2D eigenvalue weighted by Crippen LogP contribution is 2.26. The summed E-state index contributed by atoms with van der Waals surface area (Å²) >= 11 is 0. The molecule has 24 heavy (non-hydrogen) atoms. The first kappa shape index (κ1) is 15.9. The number of carbonyl (C=O) groups excluding carboxylic acids is 2. The third kappa shape index (κ3) is 2.92. The van der Waals surface area contributed by atoms with E-state index < -0.39 is 10.9 Å². The lowest BCUT2D eigenvalue weighted by molar-refractivity contribution is -0.385. The van der Waals surface area contributed by atoms with Gasteiger partial charge < -0.3 is 10.1 Å². The number of esters is 1. The number of ether oxygens (including phenoxy) is 1. The molecule has 1 amide bonds. The quantitative estimate of drug-likeness (QED) is 0.500. The van der Waals surface area contributed by atoms with Crippen molar-refractivity contribution in [2.75, 3.05) is 13.7 Å². The van der Waals surface area contributed by atoms with Crippen LogP contribution in [-0.4, -0.2) is 40.2 Å². The Balaban J connectivity index is 1.88. The summed E-state index contributed by atoms with van der Waals surface area (Å²) in [6.45, 7) is 1.22. The number of rotatable bonds is 5. The zero-order valence-corrected chi connectivity index (χ0v) is 13.0. The van der Waals surface area contributed by atoms with Crippen molar-refractivity contribution in [1.29, 1.82) is 0 Å². The van der Waals surface area contributed by atoms with Gasteiger partial charge >= 0.3 is 5.97 Å². The van der Waals surface area contributed by atoms with Gasteiger partial charge in [-0.15, -0.1) is 0 Å². The molecule has 0 radical (unpaired) electrons. The molecule has 9 heteroatoms. The molecule has 1 aliphatic heterocycles. The minimum atomic E-state index is -0.777. The van der Waals surface area contributed by atoms with Gasteiger partial charge in [0.05, 0.1) is 17.5 Å². The van der Waals surface area contributed by atoms with Gasteiger partial charge in [-0.1, -0.05) is 0 Å². The molecular weight excluding hydrogens is 316 g/mol. The highest BCUT2D eigenvalue weighted by Gasteiger charge is 2.25. The Kier molecular flexibility index (Phi) is 4.15. The molecule has 0 aliphatic carbocycles. The van der Waals surface area contributed by atoms with Gasteiger partial charge in [0.1, 0.15) is 5.56 Å². The SMILES string of the molecule is COC(=O)c1cc2nn(CCC3CCNC3=O)cc2cc1[N+](=O)[O-]. The van der Waals surface area contributed by atoms with Gasteiger partial charge in [0, 0.05) is 36.7 Å². The first-order valence-electron chi connectivity index (χ1n) is 7.51. The zero-order chi connectivity index (χ0) is 17.3. The van der Waals surface area contributed by atoms with Crippen molar-refractivity contribution >= 4 is 28.5 Å². The maximum Gasteiger partial charge on any atom is 0.344 e. The highest BCUT2D eigenvalue weighted by molar-refractivity contribution is 5.99. The zero-order valence-electron chi connectivity index (χ0n) is 13.0. The van der Waals surface area contributed by atoms with Gasteiger partial charge in [0.15, 0.2) is 0 Å². The second-order valence-corrected chi connectivity index (χ2v) is 5.63. The number of aromatic nitrogens is 2. The Bertz CT molecular complexity index is 829. The molecule has 2 heterocycles. The Morgan fingerprint density at radius 3 is 2.96 bits per heavy atom. The molecule has 0 saturated carbocycles. The Morgan fingerprint density at radius 2 is 2.33 bits per heavy atom. The van der Waals surface area contributed by atoms with E-state index >= 15 is 0 Å². The molecule has 3 rings (SSSR count). The number of nitro benzene ring substituents is 1. The molecule has 0 spiro atoms. The van der Waals surface area contributed by atoms with Crippen LogP contribution >= 0.6 is 0 Å². The van der Waals surface area contributed by atoms with Gasteiger partial charge in [0.2, 0.25) is 5.91 Å². The van der Waals surface area contributed by atoms with Crippen molar-refractivity contribution < 1.29 is 19.2 Å². The number of amides is 1. The van der Waals surface area contributed by atoms with Gasteiger partial charge in [-0.05, 0) is 18.9 Å². The molecular formula is C15H16N4O5. The van der Waals surface area contributed by atoms with Crippen LogP contribution in [0.5, 0.6) is 0 Å². The number of methoxy groups -OCH3 is 1. The molecule has 1 unspecified atom stereocenters. The molecule has 1 atom stereocenters. The number of nitro groups is 1. The number of aryl methyl sites for hydroxylation is 1. The Labute approximate surface area is 136 Å². The summed E-state index contributed by atoms with van der Waals surface area (Å²) in [6, 6.07) is 2.67. The predicted molar refractivity (Wildman–Crippen MR) is 83.5 cm³/mol. The summed E-state index contributed by atoms with van der Waals surface area (Å²) in [4.78, 5) is 33.8. The lowest BCUT2D eigenvalue weighted by atomic mass is 10.0. The van der Waals surface area contributed by atoms with Crippen LogP contribution in [0.4, 0.5) is 5.69 Å². The van der Waals surface area contributed by atoms with E-state index in [0.717, 1.165) is 6.42 Å². The Hall–Kier alpha value is -2.97. The van der Waals surface area contributed by atoms with E-state index in [1.165, 1.54) is 19.2 Å². The molecule has 2 aromatic rings. The summed E-state index contributed by atoms with van der Waals surface area (Å²) in [5.74, 6) is -0.756. The van der Waals surface area contributed by atoms with Crippen LogP contribution in [0.25, 0.3) is 10.9 Å². The van der Waals surface area contributed by atoms with Crippen molar-refractivity contribution in [2.45, 2.75) is 19.4 Å². The van der Waals surface area contributed by atoms with Gasteiger partial charge in [-0.3, -0.25) is 19.6 Å². The van der Waals surface area contributed by atoms with E-state index in [1.807, 2.05) is 0 Å². The minimum Gasteiger partial charge on any atom is -0.465 e. The normalized spacial score (nSPS) is 17.0. The number of nitrogens with one attached hydrogen (secondary N) is 1. The van der Waals surface area contributed by atoms with Crippen LogP contribution in [0.3, 0.4) is 0 Å². The lowest BCUT2D eigenvalue weighted by Crippen LogP contribution is -2.20. The first-order chi connectivity index (χ1) is 11.5. The molecule has 1 aromatic heterocycles. The maximum atomic E-state index is 11.7. The van der Waals surface area contributed by atoms with Crippen molar-refractivity contribution in [3.05, 3.63) is 34.0 Å². The van der Waals surface area contributed by atoms with E-state index in [4.69, 9.17) is 0 Å². The van der Waals surface area contributed by atoms with Crippen LogP contribution in [0.2, 0.25) is 0 Å². The average molecular weight is 332 g/mol. The van der Waals surface area contributed by atoms with Crippen LogP contribution in [-0.2, 0) is 16.1 Å². The maximum absolute atomic E-state index is 11.7. The largest absolute Gasteiger partial charge is 0.465 e. The minimum absolute atomic E-state index is 0.0303. The Morgan fingerprint density at radius 1 is 1.54 bits per heavy atom. The topological polar surface area (TPSA) is 116 Å². The molecule has 0 bridgehead atoms. The molecule has 1 fully saturated rings. The summed E-state index contributed by atoms with van der Waals surface area (Å²) in [5.41, 5.74) is 0.0244. The van der Waals surface area contributed by atoms with Crippen LogP contribution in [0.1, 0.15) is 23.2 Å². The van der Waals surface area contributed by atoms with Crippen molar-refractivity contribution in [1.82, 2.24) is 15.1 Å². The van der Waals surface area contributed by atoms with E-state index in [2.05, 4.69) is 15.2 Å². The summed E-state index contributed by atoms with van der Waals surface area (Å²) in [7, 11) is 1.17. The van der Waals surface area contributed by atoms with Gasteiger partial charge in [0.25, 0.3) is 5.69 Å². The fourth-order valence-electron chi connectivity index (χ4n) is 2.86. The van der Waals surface area contributed by atoms with E-state index in [9.17, 15) is 19.7 Å². The first-order valence-corrected chi connectivity index (χ1v) is 7.51. The molecule has 1 aromatic carbocycles. The molecule has 126 valence electrons. The molecule has 1 saturated heterocycles. The third-order valence-electron chi connectivity index (χ3n) is 4.14. The number of benzene rings is 1. The van der Waals surface area contributed by atoms with Crippen LogP contribution < -0.4 is 5.32 Å². The van der Waals surface area contributed by atoms with Crippen molar-refractivity contribution in [3.8, 4) is 0 Å². The smallest absolute Gasteiger partial charge is 0.344 e. The van der Waals surface area contributed by atoms with Crippen LogP contribution in [0, 0.1) is 16.0 Å². The molecule has 1 aliphatic rings. The summed E-state index contributed by atoms with van der Waals surface area (Å²) in [6.07, 6.45) is 3.12. The molecule has 1 N–H and O–H groups in total. The fourth-order valence-corrected chi connectivity index (χ4v) is 2.86. The van der Waals surface area contributed by atoms with E-state index in [1.54, 1.807) is 10.9 Å². The fraction of sp³-hybridized carbons (Fsp3) is 0.400.